The molecule has 0 saturated carbocycles. The van der Waals surface area contributed by atoms with Crippen LogP contribution in [0.5, 0.6) is 0 Å². The van der Waals surface area contributed by atoms with Crippen LogP contribution in [0.25, 0.3) is 0 Å². The van der Waals surface area contributed by atoms with Crippen molar-refractivity contribution in [3.8, 4) is 0 Å². The van der Waals surface area contributed by atoms with E-state index >= 15 is 0 Å². The first kappa shape index (κ1) is 9.43. The molecule has 0 aliphatic carbocycles. The minimum atomic E-state index is 0. The third kappa shape index (κ3) is 1.99. The molecule has 0 amide bonds. The quantitative estimate of drug-likeness (QED) is 0.406. The molecule has 56 valence electrons. The number of halogens is 1. The molecule has 0 aromatic carbocycles. The highest BCUT2D eigenvalue weighted by atomic mass is 79.9. The minimum absolute atomic E-state index is 0. The van der Waals surface area contributed by atoms with E-state index in [-0.39, 0.29) is 17.0 Å². The van der Waals surface area contributed by atoms with Gasteiger partial charge in [-0.3, -0.25) is 5.21 Å². The largest absolute Gasteiger partial charge is 1.00 e. The van der Waals surface area contributed by atoms with E-state index in [0.29, 0.717) is 0 Å². The van der Waals surface area contributed by atoms with E-state index in [1.165, 1.54) is 0 Å². The van der Waals surface area contributed by atoms with Gasteiger partial charge in [-0.05, 0) is 6.07 Å². The van der Waals surface area contributed by atoms with Crippen molar-refractivity contribution in [1.29, 1.82) is 0 Å². The summed E-state index contributed by atoms with van der Waals surface area (Å²) in [7, 11) is 0. The normalized spacial score (nSPS) is 8.50. The Morgan fingerprint density at radius 1 is 1.50 bits per heavy atom. The van der Waals surface area contributed by atoms with Gasteiger partial charge in [0.05, 0.1) is 0 Å². The van der Waals surface area contributed by atoms with Gasteiger partial charge in [-0.15, -0.1) is 0 Å². The average molecular weight is 204 g/mol. The topological polar surface area (TPSA) is 24.1 Å². The van der Waals surface area contributed by atoms with Crippen LogP contribution < -0.4 is 21.7 Å². The van der Waals surface area contributed by atoms with Crippen molar-refractivity contribution in [2.45, 2.75) is 13.3 Å². The summed E-state index contributed by atoms with van der Waals surface area (Å²) in [5.74, 6) is 0. The highest BCUT2D eigenvalue weighted by Crippen LogP contribution is 1.88. The lowest BCUT2D eigenvalue weighted by Gasteiger charge is -1.87. The van der Waals surface area contributed by atoms with Crippen LogP contribution in [0.4, 0.5) is 0 Å². The number of rotatable bonds is 1. The zero-order valence-corrected chi connectivity index (χ0v) is 7.37. The van der Waals surface area contributed by atoms with E-state index in [0.717, 1.165) is 16.8 Å². The van der Waals surface area contributed by atoms with E-state index in [2.05, 4.69) is 0 Å². The molecule has 1 aromatic rings. The predicted octanol–water partition coefficient (Wildman–Crippen LogP) is -2.22. The van der Waals surface area contributed by atoms with Crippen LogP contribution in [0.15, 0.2) is 24.4 Å². The number of hydrogen-bond acceptors (Lipinski definition) is 1. The number of aromatic nitrogens is 1. The van der Waals surface area contributed by atoms with Crippen LogP contribution in [0.2, 0.25) is 0 Å². The van der Waals surface area contributed by atoms with E-state index in [4.69, 9.17) is 5.21 Å². The standard InChI is InChI=1S/C7H10NO.BrH/c1-2-7-5-3-4-6-8(7)9;/h3-6,9H,2H2,1H3;1H/q+1;/p-1. The van der Waals surface area contributed by atoms with Crippen LogP contribution in [0.3, 0.4) is 0 Å². The Morgan fingerprint density at radius 3 is 2.60 bits per heavy atom. The molecule has 0 atom stereocenters. The van der Waals surface area contributed by atoms with E-state index in [1.54, 1.807) is 12.3 Å². The summed E-state index contributed by atoms with van der Waals surface area (Å²) in [6.45, 7) is 2.00. The third-order valence-electron chi connectivity index (χ3n) is 1.28. The number of nitrogens with zero attached hydrogens (tertiary/aromatic N) is 1. The van der Waals surface area contributed by atoms with Crippen LogP contribution in [0, 0.1) is 0 Å². The van der Waals surface area contributed by atoms with Gasteiger partial charge >= 0.3 is 0 Å². The molecule has 0 saturated heterocycles. The number of aryl methyl sites for hydroxylation is 1. The van der Waals surface area contributed by atoms with Crippen molar-refractivity contribution in [2.24, 2.45) is 0 Å². The first-order valence-corrected chi connectivity index (χ1v) is 3.03. The maximum absolute atomic E-state index is 9.03. The summed E-state index contributed by atoms with van der Waals surface area (Å²) in [4.78, 5) is 0. The Hall–Kier alpha value is -0.570. The van der Waals surface area contributed by atoms with Crippen LogP contribution in [-0.4, -0.2) is 5.21 Å². The predicted molar refractivity (Wildman–Crippen MR) is 33.2 cm³/mol. The van der Waals surface area contributed by atoms with Crippen molar-refractivity contribution in [3.05, 3.63) is 30.1 Å². The van der Waals surface area contributed by atoms with Gasteiger partial charge in [0.1, 0.15) is 0 Å². The second-order valence-corrected chi connectivity index (χ2v) is 1.89. The highest BCUT2D eigenvalue weighted by molar-refractivity contribution is 4.95. The molecule has 10 heavy (non-hydrogen) atoms. The summed E-state index contributed by atoms with van der Waals surface area (Å²) in [5.41, 5.74) is 0.928. The van der Waals surface area contributed by atoms with Crippen LogP contribution in [0.1, 0.15) is 12.6 Å². The van der Waals surface area contributed by atoms with Crippen LogP contribution >= 0.6 is 0 Å². The molecule has 1 rings (SSSR count). The SMILES string of the molecule is CCc1cccc[n+]1O.[Br-]. The second kappa shape index (κ2) is 4.28. The fourth-order valence-electron chi connectivity index (χ4n) is 0.750. The zero-order valence-electron chi connectivity index (χ0n) is 5.79. The van der Waals surface area contributed by atoms with E-state index in [9.17, 15) is 0 Å². The fourth-order valence-corrected chi connectivity index (χ4v) is 0.750. The molecule has 0 fully saturated rings. The highest BCUT2D eigenvalue weighted by Gasteiger charge is 2.01. The van der Waals surface area contributed by atoms with Gasteiger partial charge in [0.2, 0.25) is 11.9 Å². The smallest absolute Gasteiger partial charge is 0.233 e. The van der Waals surface area contributed by atoms with Crippen molar-refractivity contribution in [3.63, 3.8) is 0 Å². The van der Waals surface area contributed by atoms with Crippen molar-refractivity contribution in [2.75, 3.05) is 0 Å². The third-order valence-corrected chi connectivity index (χ3v) is 1.28. The Labute approximate surface area is 70.9 Å². The zero-order chi connectivity index (χ0) is 6.69. The molecule has 0 spiro atoms. The van der Waals surface area contributed by atoms with Crippen LogP contribution in [-0.2, 0) is 6.42 Å². The minimum Gasteiger partial charge on any atom is -1.00 e. The van der Waals surface area contributed by atoms with E-state index < -0.39 is 0 Å². The van der Waals surface area contributed by atoms with Gasteiger partial charge in [0.25, 0.3) is 0 Å². The summed E-state index contributed by atoms with van der Waals surface area (Å²) >= 11 is 0. The molecule has 1 heterocycles. The average Bonchev–Trinajstić information content (AvgIpc) is 1.89. The molecule has 0 aliphatic heterocycles. The summed E-state index contributed by atoms with van der Waals surface area (Å²) in [6, 6.07) is 5.59. The lowest BCUT2D eigenvalue weighted by atomic mass is 10.3. The monoisotopic (exact) mass is 203 g/mol. The molecule has 0 unspecified atom stereocenters. The molecule has 0 aliphatic rings. The molecule has 1 aromatic heterocycles. The van der Waals surface area contributed by atoms with Gasteiger partial charge in [-0.25, -0.2) is 0 Å². The molecule has 3 heteroatoms. The summed E-state index contributed by atoms with van der Waals surface area (Å²) in [5, 5.41) is 9.03. The Morgan fingerprint density at radius 2 is 2.20 bits per heavy atom. The first-order valence-electron chi connectivity index (χ1n) is 3.03. The second-order valence-electron chi connectivity index (χ2n) is 1.89. The van der Waals surface area contributed by atoms with Crippen molar-refractivity contribution < 1.29 is 26.9 Å². The van der Waals surface area contributed by atoms with Gasteiger partial charge in [-0.2, -0.15) is 0 Å². The Balaban J connectivity index is 0.000000810. The molecular weight excluding hydrogens is 194 g/mol. The van der Waals surface area contributed by atoms with Gasteiger partial charge in [-0.1, -0.05) is 6.92 Å². The maximum atomic E-state index is 9.03. The molecular formula is C7H10BrNO. The first-order chi connectivity index (χ1) is 4.34. The molecule has 2 nitrogen and oxygen atoms in total. The van der Waals surface area contributed by atoms with Gasteiger partial charge < -0.3 is 17.0 Å². The number of hydrogen-bond donors (Lipinski definition) is 1. The lowest BCUT2D eigenvalue weighted by molar-refractivity contribution is -0.909. The van der Waals surface area contributed by atoms with E-state index in [1.807, 2.05) is 19.1 Å². The molecule has 0 radical (unpaired) electrons. The van der Waals surface area contributed by atoms with Crippen molar-refractivity contribution in [1.82, 2.24) is 0 Å². The Bertz CT molecular complexity index is 203. The van der Waals surface area contributed by atoms with Crippen molar-refractivity contribution >= 4 is 0 Å². The maximum Gasteiger partial charge on any atom is 0.233 e. The lowest BCUT2D eigenvalue weighted by Crippen LogP contribution is -3.00. The molecule has 1 N–H and O–H groups in total. The summed E-state index contributed by atoms with van der Waals surface area (Å²) < 4.78 is 1.14. The molecule has 0 bridgehead atoms. The Kier molecular flexibility index (Phi) is 4.03. The number of pyridine rings is 1. The fraction of sp³-hybridized carbons (Fsp3) is 0.286. The van der Waals surface area contributed by atoms with Gasteiger partial charge in [0, 0.05) is 23.3 Å². The summed E-state index contributed by atoms with van der Waals surface area (Å²) in [6.07, 6.45) is 2.48. The van der Waals surface area contributed by atoms with Gasteiger partial charge in [0.15, 0.2) is 0 Å².